The average Bonchev–Trinajstić information content (AvgIpc) is 3.70. The molecule has 5 unspecified atom stereocenters. The normalized spacial score (nSPS) is 27.0. The monoisotopic (exact) mass is 1060 g/mol. The number of likely N-dealkylation sites (tertiary alicyclic amines) is 2. The zero-order chi connectivity index (χ0) is 57.7. The van der Waals surface area contributed by atoms with Gasteiger partial charge >= 0.3 is 0 Å². The minimum absolute atomic E-state index is 0.0220. The smallest absolute Gasteiger partial charge is 0.285 e. The maximum absolute atomic E-state index is 14.2. The Labute approximate surface area is 456 Å². The van der Waals surface area contributed by atoms with Crippen molar-refractivity contribution in [3.63, 3.8) is 0 Å². The highest BCUT2D eigenvalue weighted by molar-refractivity contribution is 6.36. The summed E-state index contributed by atoms with van der Waals surface area (Å²) in [7, 11) is 0. The topological polar surface area (TPSA) is 232 Å². The van der Waals surface area contributed by atoms with E-state index in [0.29, 0.717) is 63.5 Å². The molecule has 9 atom stereocenters. The van der Waals surface area contributed by atoms with Gasteiger partial charge in [0.05, 0.1) is 12.1 Å². The number of primary amides is 2. The Hall–Kier alpha value is -3.81. The molecule has 6 aliphatic rings. The van der Waals surface area contributed by atoms with Crippen molar-refractivity contribution in [2.24, 2.45) is 90.3 Å². The highest BCUT2D eigenvalue weighted by Gasteiger charge is 2.68. The van der Waals surface area contributed by atoms with Gasteiger partial charge in [-0.2, -0.15) is 0 Å². The minimum Gasteiger partial charge on any atom is -0.383 e. The average molecular weight is 1060 g/mol. The van der Waals surface area contributed by atoms with E-state index < -0.39 is 70.3 Å². The number of nitrogens with zero attached hydrogens (tertiary/aromatic N) is 2. The molecule has 4 aliphatic carbocycles. The number of nitrogens with two attached hydrogens (primary N) is 2. The lowest BCUT2D eigenvalue weighted by molar-refractivity contribution is -0.147. The summed E-state index contributed by atoms with van der Waals surface area (Å²) in [6.07, 6.45) is 10.2. The van der Waals surface area contributed by atoms with Crippen LogP contribution in [0.3, 0.4) is 0 Å². The molecule has 6 rings (SSSR count). The second kappa shape index (κ2) is 22.7. The van der Waals surface area contributed by atoms with Gasteiger partial charge < -0.3 is 26.4 Å². The van der Waals surface area contributed by atoms with Crippen molar-refractivity contribution in [1.29, 1.82) is 0 Å². The van der Waals surface area contributed by atoms with Gasteiger partial charge in [-0.1, -0.05) is 149 Å². The number of rotatable bonds is 22. The summed E-state index contributed by atoms with van der Waals surface area (Å²) in [5, 5.41) is 10.6. The van der Waals surface area contributed by atoms with Crippen LogP contribution in [0.25, 0.3) is 0 Å². The number of carbonyl (C=O) groups excluding carboxylic acids is 9. The number of hydrogen-bond acceptors (Lipinski definition) is 10. The molecular weight excluding hydrogens is 961 g/mol. The van der Waals surface area contributed by atoms with Crippen LogP contribution in [-0.4, -0.2) is 98.7 Å². The standard InChI is InChI=1S/C31H52N2O5.C31H50N2O5/c2*1-28(2,3)15-21(34)14-22(29(4,5)6)27(38)33-18-31(17-30(31,7)8)16-23(33)24(35)13-20(25(36)26(32)37)12-19-10-9-11-19/h19-20,22-23,25,36H,9-18H2,1-8H3,(H2,32,37);19-20,22-23H,9-18H2,1-8H3,(H2,32,37)/t20?,22-,23+,25?,31?;20?,22-,23+,31?/m11/s1. The molecule has 2 spiro atoms. The van der Waals surface area contributed by atoms with Crippen LogP contribution in [0.1, 0.15) is 226 Å². The summed E-state index contributed by atoms with van der Waals surface area (Å²) < 4.78 is 0. The molecule has 0 aromatic heterocycles. The molecule has 4 amide bonds. The zero-order valence-corrected chi connectivity index (χ0v) is 50.0. The van der Waals surface area contributed by atoms with E-state index in [0.717, 1.165) is 51.4 Å². The fourth-order valence-electron chi connectivity index (χ4n) is 13.7. The van der Waals surface area contributed by atoms with E-state index in [9.17, 15) is 48.3 Å². The van der Waals surface area contributed by atoms with Crippen molar-refractivity contribution < 1.29 is 48.3 Å². The first-order valence-corrected chi connectivity index (χ1v) is 29.0. The Balaban J connectivity index is 0.000000281. The van der Waals surface area contributed by atoms with E-state index >= 15 is 0 Å². The maximum atomic E-state index is 14.2. The minimum atomic E-state index is -1.37. The van der Waals surface area contributed by atoms with Crippen LogP contribution in [0.2, 0.25) is 0 Å². The van der Waals surface area contributed by atoms with Crippen LogP contribution in [0, 0.1) is 78.8 Å². The molecule has 0 radical (unpaired) electrons. The van der Waals surface area contributed by atoms with E-state index in [4.69, 9.17) is 11.5 Å². The Morgan fingerprint density at radius 2 is 0.908 bits per heavy atom. The molecule has 5 N–H and O–H groups in total. The van der Waals surface area contributed by atoms with Crippen LogP contribution >= 0.6 is 0 Å². The third kappa shape index (κ3) is 15.3. The molecule has 14 heteroatoms. The number of amides is 4. The highest BCUT2D eigenvalue weighted by atomic mass is 16.3. The van der Waals surface area contributed by atoms with E-state index in [1.54, 1.807) is 9.80 Å². The summed E-state index contributed by atoms with van der Waals surface area (Å²) in [4.78, 5) is 122. The van der Waals surface area contributed by atoms with E-state index in [-0.39, 0.29) is 93.1 Å². The first-order chi connectivity index (χ1) is 34.5. The SMILES string of the molecule is CC(C)(C)CC(=O)C[C@H](C(=O)N1CC2(C[C@H]1C(=O)CC(CC1CCC1)C(=O)C(N)=O)CC2(C)C)C(C)(C)C.CC(C)(C)CC(=O)C[C@H](C(=O)N1CC2(C[C@H]1C(=O)CC(CC1CCC1)C(O)C(N)=O)CC2(C)C)C(C)(C)C. The van der Waals surface area contributed by atoms with Gasteiger partial charge in [-0.3, -0.25) is 43.2 Å². The van der Waals surface area contributed by atoms with Gasteiger partial charge in [-0.05, 0) is 93.7 Å². The summed E-state index contributed by atoms with van der Waals surface area (Å²) in [5.41, 5.74) is 9.40. The van der Waals surface area contributed by atoms with Crippen LogP contribution < -0.4 is 11.5 Å². The van der Waals surface area contributed by atoms with Gasteiger partial charge in [0.15, 0.2) is 11.6 Å². The predicted octanol–water partition coefficient (Wildman–Crippen LogP) is 9.55. The summed E-state index contributed by atoms with van der Waals surface area (Å²) in [5.74, 6) is -4.45. The van der Waals surface area contributed by atoms with Crippen molar-refractivity contribution in [2.75, 3.05) is 13.1 Å². The quantitative estimate of drug-likeness (QED) is 0.0869. The molecule has 0 aromatic rings. The molecule has 76 heavy (non-hydrogen) atoms. The third-order valence-corrected chi connectivity index (χ3v) is 19.3. The van der Waals surface area contributed by atoms with Crippen LogP contribution in [0.5, 0.6) is 0 Å². The second-order valence-corrected chi connectivity index (χ2v) is 31.3. The zero-order valence-electron chi connectivity index (χ0n) is 50.0. The molecule has 0 aromatic carbocycles. The summed E-state index contributed by atoms with van der Waals surface area (Å²) >= 11 is 0. The third-order valence-electron chi connectivity index (χ3n) is 19.3. The summed E-state index contributed by atoms with van der Waals surface area (Å²) in [6.45, 7) is 33.7. The van der Waals surface area contributed by atoms with E-state index in [2.05, 4.69) is 27.7 Å². The van der Waals surface area contributed by atoms with E-state index in [1.807, 2.05) is 83.1 Å². The lowest BCUT2D eigenvalue weighted by atomic mass is 9.74. The largest absolute Gasteiger partial charge is 0.383 e. The molecular formula is C62H102N4O10. The number of carbonyl (C=O) groups is 9. The van der Waals surface area contributed by atoms with Crippen LogP contribution in [0.15, 0.2) is 0 Å². The van der Waals surface area contributed by atoms with Crippen LogP contribution in [0.4, 0.5) is 0 Å². The van der Waals surface area contributed by atoms with Crippen molar-refractivity contribution >= 4 is 52.5 Å². The molecule has 4 saturated carbocycles. The first kappa shape index (κ1) is 63.0. The Morgan fingerprint density at radius 3 is 1.20 bits per heavy atom. The summed E-state index contributed by atoms with van der Waals surface area (Å²) in [6, 6.07) is -1.24. The fraction of sp³-hybridized carbons (Fsp3) is 0.855. The maximum Gasteiger partial charge on any atom is 0.285 e. The second-order valence-electron chi connectivity index (χ2n) is 31.3. The number of aliphatic hydroxyl groups excluding tert-OH is 1. The lowest BCUT2D eigenvalue weighted by Gasteiger charge is -2.36. The van der Waals surface area contributed by atoms with Gasteiger partial charge in [0.2, 0.25) is 23.5 Å². The predicted molar refractivity (Wildman–Crippen MR) is 295 cm³/mol. The number of hydrogen-bond donors (Lipinski definition) is 3. The van der Waals surface area contributed by atoms with Crippen molar-refractivity contribution in [2.45, 2.75) is 245 Å². The molecule has 2 heterocycles. The molecule has 2 aliphatic heterocycles. The van der Waals surface area contributed by atoms with Gasteiger partial charge in [0, 0.05) is 75.3 Å². The Kier molecular flexibility index (Phi) is 18.9. The molecule has 6 fully saturated rings. The number of ketones is 5. The van der Waals surface area contributed by atoms with Gasteiger partial charge in [-0.25, -0.2) is 0 Å². The number of Topliss-reactive ketones (excluding diaryl/α,β-unsaturated/α-hetero) is 5. The first-order valence-electron chi connectivity index (χ1n) is 29.0. The molecule has 14 nitrogen and oxygen atoms in total. The van der Waals surface area contributed by atoms with Gasteiger partial charge in [0.1, 0.15) is 17.7 Å². The molecule has 0 bridgehead atoms. The van der Waals surface area contributed by atoms with E-state index in [1.165, 1.54) is 0 Å². The van der Waals surface area contributed by atoms with Gasteiger partial charge in [-0.15, -0.1) is 0 Å². The lowest BCUT2D eigenvalue weighted by Crippen LogP contribution is -2.48. The van der Waals surface area contributed by atoms with Gasteiger partial charge in [0.25, 0.3) is 5.91 Å². The molecule has 430 valence electrons. The van der Waals surface area contributed by atoms with Crippen LogP contribution in [-0.2, 0) is 43.2 Å². The Bertz CT molecular complexity index is 2230. The van der Waals surface area contributed by atoms with Crippen molar-refractivity contribution in [1.82, 2.24) is 9.80 Å². The number of aliphatic hydroxyl groups is 1. The molecule has 2 saturated heterocycles. The fourth-order valence-corrected chi connectivity index (χ4v) is 13.7. The Morgan fingerprint density at radius 1 is 0.553 bits per heavy atom. The van der Waals surface area contributed by atoms with Crippen molar-refractivity contribution in [3.05, 3.63) is 0 Å². The highest BCUT2D eigenvalue weighted by Crippen LogP contribution is 2.70. The van der Waals surface area contributed by atoms with Crippen molar-refractivity contribution in [3.8, 4) is 0 Å².